The minimum Gasteiger partial charge on any atom is -0.409 e. The highest BCUT2D eigenvalue weighted by Crippen LogP contribution is 2.21. The van der Waals surface area contributed by atoms with Crippen LogP contribution in [0, 0.1) is 0 Å². The summed E-state index contributed by atoms with van der Waals surface area (Å²) >= 11 is 0. The third-order valence-corrected chi connectivity index (χ3v) is 4.04. The molecule has 1 atom stereocenters. The van der Waals surface area contributed by atoms with Gasteiger partial charge in [0.1, 0.15) is 0 Å². The number of oxime groups is 1. The molecular weight excluding hydrogens is 266 g/mol. The number of carbonyl (C=O) groups is 1. The molecule has 1 aromatic carbocycles. The van der Waals surface area contributed by atoms with E-state index >= 15 is 0 Å². The normalized spacial score (nSPS) is 19.9. The molecule has 114 valence electrons. The fourth-order valence-electron chi connectivity index (χ4n) is 2.73. The van der Waals surface area contributed by atoms with Crippen molar-refractivity contribution in [2.24, 2.45) is 10.9 Å². The average Bonchev–Trinajstić information content (AvgIpc) is 2.53. The van der Waals surface area contributed by atoms with Gasteiger partial charge in [-0.05, 0) is 42.9 Å². The van der Waals surface area contributed by atoms with Crippen LogP contribution in [0.5, 0.6) is 0 Å². The van der Waals surface area contributed by atoms with Gasteiger partial charge in [-0.25, -0.2) is 0 Å². The maximum Gasteiger partial charge on any atom is 0.254 e. The standard InChI is InChI=1S/C16H23N3O2/c1-11(2)12-6-8-13(9-7-12)16(20)19-10-4-3-5-14(19)15(17)18-21/h6-9,11,14,21H,3-5,10H2,1-2H3,(H2,17,18). The summed E-state index contributed by atoms with van der Waals surface area (Å²) in [6.07, 6.45) is 2.67. The number of amides is 1. The number of nitrogens with two attached hydrogens (primary N) is 1. The lowest BCUT2D eigenvalue weighted by Gasteiger charge is -2.34. The van der Waals surface area contributed by atoms with E-state index in [4.69, 9.17) is 10.9 Å². The van der Waals surface area contributed by atoms with Crippen LogP contribution in [0.4, 0.5) is 0 Å². The molecule has 0 bridgehead atoms. The molecule has 5 heteroatoms. The van der Waals surface area contributed by atoms with E-state index in [0.717, 1.165) is 19.3 Å². The Morgan fingerprint density at radius 1 is 1.33 bits per heavy atom. The Kier molecular flexibility index (Phi) is 4.83. The molecule has 0 aromatic heterocycles. The van der Waals surface area contributed by atoms with Crippen molar-refractivity contribution >= 4 is 11.7 Å². The molecule has 3 N–H and O–H groups in total. The Morgan fingerprint density at radius 3 is 2.57 bits per heavy atom. The zero-order valence-electron chi connectivity index (χ0n) is 12.6. The summed E-state index contributed by atoms with van der Waals surface area (Å²) in [6.45, 7) is 4.89. The second-order valence-corrected chi connectivity index (χ2v) is 5.81. The quantitative estimate of drug-likeness (QED) is 0.388. The number of piperidine rings is 1. The molecule has 1 unspecified atom stereocenters. The minimum atomic E-state index is -0.305. The van der Waals surface area contributed by atoms with Gasteiger partial charge in [0.25, 0.3) is 5.91 Å². The molecule has 0 radical (unpaired) electrons. The van der Waals surface area contributed by atoms with Gasteiger partial charge in [0.2, 0.25) is 0 Å². The fourth-order valence-corrected chi connectivity index (χ4v) is 2.73. The molecule has 5 nitrogen and oxygen atoms in total. The number of rotatable bonds is 3. The van der Waals surface area contributed by atoms with E-state index in [1.807, 2.05) is 24.3 Å². The first kappa shape index (κ1) is 15.4. The Hall–Kier alpha value is -2.04. The highest BCUT2D eigenvalue weighted by molar-refractivity contribution is 5.98. The molecule has 0 saturated carbocycles. The lowest BCUT2D eigenvalue weighted by Crippen LogP contribution is -2.50. The molecule has 2 rings (SSSR count). The Bertz CT molecular complexity index is 523. The Balaban J connectivity index is 2.20. The summed E-state index contributed by atoms with van der Waals surface area (Å²) in [5.74, 6) is 0.498. The van der Waals surface area contributed by atoms with Crippen molar-refractivity contribution in [2.45, 2.75) is 45.1 Å². The van der Waals surface area contributed by atoms with Crippen LogP contribution < -0.4 is 5.73 Å². The molecule has 0 aliphatic carbocycles. The third-order valence-electron chi connectivity index (χ3n) is 4.04. The van der Waals surface area contributed by atoms with Crippen LogP contribution in [0.2, 0.25) is 0 Å². The van der Waals surface area contributed by atoms with Crippen molar-refractivity contribution in [1.29, 1.82) is 0 Å². The lowest BCUT2D eigenvalue weighted by atomic mass is 9.98. The number of hydrogen-bond acceptors (Lipinski definition) is 3. The van der Waals surface area contributed by atoms with Crippen LogP contribution in [0.25, 0.3) is 0 Å². The largest absolute Gasteiger partial charge is 0.409 e. The molecule has 21 heavy (non-hydrogen) atoms. The second kappa shape index (κ2) is 6.61. The predicted molar refractivity (Wildman–Crippen MR) is 82.6 cm³/mol. The first-order valence-corrected chi connectivity index (χ1v) is 7.43. The number of carbonyl (C=O) groups excluding carboxylic acids is 1. The minimum absolute atomic E-state index is 0.0541. The summed E-state index contributed by atoms with van der Waals surface area (Å²) < 4.78 is 0. The van der Waals surface area contributed by atoms with Crippen LogP contribution in [0.1, 0.15) is 54.9 Å². The van der Waals surface area contributed by atoms with Crippen LogP contribution >= 0.6 is 0 Å². The zero-order chi connectivity index (χ0) is 15.4. The lowest BCUT2D eigenvalue weighted by molar-refractivity contribution is 0.0676. The van der Waals surface area contributed by atoms with E-state index in [9.17, 15) is 4.79 Å². The van der Waals surface area contributed by atoms with Gasteiger partial charge in [0, 0.05) is 12.1 Å². The maximum atomic E-state index is 12.6. The molecule has 1 saturated heterocycles. The van der Waals surface area contributed by atoms with Crippen LogP contribution in [0.3, 0.4) is 0 Å². The van der Waals surface area contributed by atoms with Crippen molar-refractivity contribution in [3.8, 4) is 0 Å². The molecule has 1 aliphatic heterocycles. The number of nitrogens with zero attached hydrogens (tertiary/aromatic N) is 2. The maximum absolute atomic E-state index is 12.6. The predicted octanol–water partition coefficient (Wildman–Crippen LogP) is 2.55. The number of amidine groups is 1. The topological polar surface area (TPSA) is 78.9 Å². The number of hydrogen-bond donors (Lipinski definition) is 2. The molecule has 0 spiro atoms. The number of likely N-dealkylation sites (tertiary alicyclic amines) is 1. The van der Waals surface area contributed by atoms with Gasteiger partial charge in [0.15, 0.2) is 5.84 Å². The van der Waals surface area contributed by atoms with Crippen molar-refractivity contribution in [1.82, 2.24) is 4.90 Å². The van der Waals surface area contributed by atoms with E-state index in [1.54, 1.807) is 4.90 Å². The molecule has 1 fully saturated rings. The van der Waals surface area contributed by atoms with E-state index in [-0.39, 0.29) is 17.8 Å². The van der Waals surface area contributed by atoms with Gasteiger partial charge in [-0.15, -0.1) is 0 Å². The first-order valence-electron chi connectivity index (χ1n) is 7.43. The monoisotopic (exact) mass is 289 g/mol. The summed E-state index contributed by atoms with van der Waals surface area (Å²) in [5.41, 5.74) is 7.58. The van der Waals surface area contributed by atoms with Gasteiger partial charge >= 0.3 is 0 Å². The van der Waals surface area contributed by atoms with Crippen LogP contribution in [-0.2, 0) is 0 Å². The molecule has 1 amide bonds. The van der Waals surface area contributed by atoms with E-state index in [1.165, 1.54) is 5.56 Å². The smallest absolute Gasteiger partial charge is 0.254 e. The van der Waals surface area contributed by atoms with E-state index in [2.05, 4.69) is 19.0 Å². The Morgan fingerprint density at radius 2 is 2.00 bits per heavy atom. The summed E-state index contributed by atoms with van der Waals surface area (Å²) in [5, 5.41) is 12.0. The van der Waals surface area contributed by atoms with Crippen LogP contribution in [-0.4, -0.2) is 34.4 Å². The number of benzene rings is 1. The summed E-state index contributed by atoms with van der Waals surface area (Å²) in [6, 6.07) is 7.38. The van der Waals surface area contributed by atoms with Gasteiger partial charge in [0.05, 0.1) is 6.04 Å². The van der Waals surface area contributed by atoms with Gasteiger partial charge in [-0.2, -0.15) is 0 Å². The molecule has 1 aromatic rings. The SMILES string of the molecule is CC(C)c1ccc(C(=O)N2CCCCC2C(N)=NO)cc1. The molecule has 1 heterocycles. The van der Waals surface area contributed by atoms with Crippen LogP contribution in [0.15, 0.2) is 29.4 Å². The first-order chi connectivity index (χ1) is 10.0. The van der Waals surface area contributed by atoms with Gasteiger partial charge in [-0.3, -0.25) is 4.79 Å². The van der Waals surface area contributed by atoms with Crippen molar-refractivity contribution in [2.75, 3.05) is 6.54 Å². The highest BCUT2D eigenvalue weighted by Gasteiger charge is 2.30. The molecular formula is C16H23N3O2. The molecule has 1 aliphatic rings. The summed E-state index contributed by atoms with van der Waals surface area (Å²) in [7, 11) is 0. The van der Waals surface area contributed by atoms with Gasteiger partial charge < -0.3 is 15.8 Å². The zero-order valence-corrected chi connectivity index (χ0v) is 12.6. The third kappa shape index (κ3) is 3.35. The second-order valence-electron chi connectivity index (χ2n) is 5.81. The fraction of sp³-hybridized carbons (Fsp3) is 0.500. The van der Waals surface area contributed by atoms with E-state index < -0.39 is 0 Å². The van der Waals surface area contributed by atoms with E-state index in [0.29, 0.717) is 18.0 Å². The summed E-state index contributed by atoms with van der Waals surface area (Å²) in [4.78, 5) is 14.4. The van der Waals surface area contributed by atoms with Gasteiger partial charge in [-0.1, -0.05) is 31.1 Å². The van der Waals surface area contributed by atoms with Crippen molar-refractivity contribution in [3.05, 3.63) is 35.4 Å². The van der Waals surface area contributed by atoms with Crippen molar-refractivity contribution < 1.29 is 10.0 Å². The van der Waals surface area contributed by atoms with Crippen molar-refractivity contribution in [3.63, 3.8) is 0 Å². The Labute approximate surface area is 125 Å². The average molecular weight is 289 g/mol. The highest BCUT2D eigenvalue weighted by atomic mass is 16.4.